The minimum absolute atomic E-state index is 0.653. The van der Waals surface area contributed by atoms with Crippen LogP contribution in [-0.2, 0) is 6.54 Å². The van der Waals surface area contributed by atoms with Gasteiger partial charge >= 0.3 is 0 Å². The Morgan fingerprint density at radius 3 is 2.94 bits per heavy atom. The second kappa shape index (κ2) is 5.14. The summed E-state index contributed by atoms with van der Waals surface area (Å²) in [5.74, 6) is 0. The number of nitriles is 1. The minimum atomic E-state index is 0.653. The summed E-state index contributed by atoms with van der Waals surface area (Å²) >= 11 is 0. The second-order valence-corrected chi connectivity index (χ2v) is 4.58. The summed E-state index contributed by atoms with van der Waals surface area (Å²) in [6.07, 6.45) is 3.92. The molecule has 1 fully saturated rings. The molecular formula is C14H18N2. The van der Waals surface area contributed by atoms with Crippen LogP contribution in [0.15, 0.2) is 24.3 Å². The van der Waals surface area contributed by atoms with Crippen LogP contribution in [0, 0.1) is 11.3 Å². The molecule has 2 nitrogen and oxygen atoms in total. The quantitative estimate of drug-likeness (QED) is 0.757. The van der Waals surface area contributed by atoms with Gasteiger partial charge in [-0.2, -0.15) is 5.26 Å². The molecule has 1 heterocycles. The smallest absolute Gasteiger partial charge is 0.0995 e. The van der Waals surface area contributed by atoms with E-state index in [2.05, 4.69) is 24.0 Å². The van der Waals surface area contributed by atoms with E-state index in [1.807, 2.05) is 18.2 Å². The Balaban J connectivity index is 2.11. The summed E-state index contributed by atoms with van der Waals surface area (Å²) in [5.41, 5.74) is 1.99. The predicted molar refractivity (Wildman–Crippen MR) is 64.9 cm³/mol. The van der Waals surface area contributed by atoms with Crippen molar-refractivity contribution in [3.63, 3.8) is 0 Å². The lowest BCUT2D eigenvalue weighted by atomic mass is 10.0. The predicted octanol–water partition coefficient (Wildman–Crippen LogP) is 2.93. The number of benzene rings is 1. The molecule has 1 aliphatic rings. The van der Waals surface area contributed by atoms with Crippen molar-refractivity contribution >= 4 is 0 Å². The van der Waals surface area contributed by atoms with E-state index in [4.69, 9.17) is 5.26 Å². The van der Waals surface area contributed by atoms with Gasteiger partial charge in [-0.1, -0.05) is 24.6 Å². The standard InChI is InChI=1S/C14H18N2/c1-12-6-4-5-9-16(12)11-14-8-3-2-7-13(14)10-15/h2-3,7-8,12H,4-6,9,11H2,1H3/t12-/m0/s1. The highest BCUT2D eigenvalue weighted by atomic mass is 15.2. The summed E-state index contributed by atoms with van der Waals surface area (Å²) in [4.78, 5) is 2.49. The zero-order chi connectivity index (χ0) is 11.4. The van der Waals surface area contributed by atoms with Crippen molar-refractivity contribution in [2.45, 2.75) is 38.8 Å². The van der Waals surface area contributed by atoms with Gasteiger partial charge in [-0.3, -0.25) is 4.90 Å². The van der Waals surface area contributed by atoms with Gasteiger partial charge in [-0.15, -0.1) is 0 Å². The highest BCUT2D eigenvalue weighted by Crippen LogP contribution is 2.20. The van der Waals surface area contributed by atoms with E-state index in [9.17, 15) is 0 Å². The summed E-state index contributed by atoms with van der Waals surface area (Å²) in [7, 11) is 0. The highest BCUT2D eigenvalue weighted by Gasteiger charge is 2.18. The molecule has 0 aliphatic carbocycles. The van der Waals surface area contributed by atoms with Crippen molar-refractivity contribution in [2.24, 2.45) is 0 Å². The van der Waals surface area contributed by atoms with Gasteiger partial charge in [0.2, 0.25) is 0 Å². The van der Waals surface area contributed by atoms with E-state index < -0.39 is 0 Å². The zero-order valence-electron chi connectivity index (χ0n) is 9.82. The van der Waals surface area contributed by atoms with Gasteiger partial charge in [0.1, 0.15) is 0 Å². The summed E-state index contributed by atoms with van der Waals surface area (Å²) in [6.45, 7) is 4.37. The van der Waals surface area contributed by atoms with E-state index in [1.54, 1.807) is 0 Å². The molecule has 1 aromatic carbocycles. The zero-order valence-corrected chi connectivity index (χ0v) is 9.82. The average molecular weight is 214 g/mol. The highest BCUT2D eigenvalue weighted by molar-refractivity contribution is 5.37. The third-order valence-corrected chi connectivity index (χ3v) is 3.45. The molecule has 84 valence electrons. The second-order valence-electron chi connectivity index (χ2n) is 4.58. The Labute approximate surface area is 97.5 Å². The number of nitrogens with zero attached hydrogens (tertiary/aromatic N) is 2. The molecule has 0 bridgehead atoms. The van der Waals surface area contributed by atoms with Gasteiger partial charge in [-0.25, -0.2) is 0 Å². The van der Waals surface area contributed by atoms with E-state index in [0.717, 1.165) is 12.1 Å². The largest absolute Gasteiger partial charge is 0.296 e. The molecule has 16 heavy (non-hydrogen) atoms. The van der Waals surface area contributed by atoms with Gasteiger partial charge in [0, 0.05) is 12.6 Å². The van der Waals surface area contributed by atoms with E-state index >= 15 is 0 Å². The molecule has 0 saturated carbocycles. The fourth-order valence-electron chi connectivity index (χ4n) is 2.38. The maximum absolute atomic E-state index is 9.05. The molecule has 0 spiro atoms. The lowest BCUT2D eigenvalue weighted by molar-refractivity contribution is 0.152. The van der Waals surface area contributed by atoms with Crippen LogP contribution < -0.4 is 0 Å². The van der Waals surface area contributed by atoms with Crippen molar-refractivity contribution in [3.8, 4) is 6.07 Å². The molecule has 0 radical (unpaired) electrons. The number of likely N-dealkylation sites (tertiary alicyclic amines) is 1. The van der Waals surface area contributed by atoms with Crippen LogP contribution in [0.25, 0.3) is 0 Å². The molecule has 2 heteroatoms. The minimum Gasteiger partial charge on any atom is -0.296 e. The van der Waals surface area contributed by atoms with Crippen LogP contribution in [-0.4, -0.2) is 17.5 Å². The molecule has 1 aliphatic heterocycles. The van der Waals surface area contributed by atoms with Crippen LogP contribution in [0.2, 0.25) is 0 Å². The SMILES string of the molecule is C[C@H]1CCCCN1Cc1ccccc1C#N. The van der Waals surface area contributed by atoms with E-state index in [-0.39, 0.29) is 0 Å². The van der Waals surface area contributed by atoms with Crippen molar-refractivity contribution in [2.75, 3.05) is 6.54 Å². The molecule has 0 unspecified atom stereocenters. The van der Waals surface area contributed by atoms with E-state index in [1.165, 1.54) is 31.4 Å². The molecule has 0 amide bonds. The van der Waals surface area contributed by atoms with Gasteiger partial charge in [-0.05, 0) is 37.9 Å². The van der Waals surface area contributed by atoms with Crippen LogP contribution in [0.4, 0.5) is 0 Å². The molecule has 0 N–H and O–H groups in total. The number of hydrogen-bond acceptors (Lipinski definition) is 2. The van der Waals surface area contributed by atoms with Crippen LogP contribution in [0.3, 0.4) is 0 Å². The van der Waals surface area contributed by atoms with Crippen molar-refractivity contribution in [1.29, 1.82) is 5.26 Å². The molecule has 1 saturated heterocycles. The number of hydrogen-bond donors (Lipinski definition) is 0. The third kappa shape index (κ3) is 2.43. The topological polar surface area (TPSA) is 27.0 Å². The third-order valence-electron chi connectivity index (χ3n) is 3.45. The summed E-state index contributed by atoms with van der Waals surface area (Å²) in [6, 6.07) is 10.9. The molecule has 2 rings (SSSR count). The summed E-state index contributed by atoms with van der Waals surface area (Å²) < 4.78 is 0. The molecule has 0 aromatic heterocycles. The maximum Gasteiger partial charge on any atom is 0.0995 e. The monoisotopic (exact) mass is 214 g/mol. The van der Waals surface area contributed by atoms with Crippen LogP contribution >= 0.6 is 0 Å². The Hall–Kier alpha value is -1.33. The van der Waals surface area contributed by atoms with E-state index in [0.29, 0.717) is 6.04 Å². The first-order valence-electron chi connectivity index (χ1n) is 6.03. The van der Waals surface area contributed by atoms with Crippen molar-refractivity contribution < 1.29 is 0 Å². The maximum atomic E-state index is 9.05. The average Bonchev–Trinajstić information content (AvgIpc) is 2.33. The first-order valence-corrected chi connectivity index (χ1v) is 6.03. The van der Waals surface area contributed by atoms with Crippen LogP contribution in [0.1, 0.15) is 37.3 Å². The first-order chi connectivity index (χ1) is 7.81. The fourth-order valence-corrected chi connectivity index (χ4v) is 2.38. The number of piperidine rings is 1. The van der Waals surface area contributed by atoms with Crippen molar-refractivity contribution in [1.82, 2.24) is 4.90 Å². The van der Waals surface area contributed by atoms with Gasteiger partial charge in [0.05, 0.1) is 11.6 Å². The Kier molecular flexibility index (Phi) is 3.58. The van der Waals surface area contributed by atoms with Gasteiger partial charge in [0.25, 0.3) is 0 Å². The Morgan fingerprint density at radius 1 is 1.38 bits per heavy atom. The molecular weight excluding hydrogens is 196 g/mol. The van der Waals surface area contributed by atoms with Crippen LogP contribution in [0.5, 0.6) is 0 Å². The molecule has 1 aromatic rings. The van der Waals surface area contributed by atoms with Gasteiger partial charge in [0.15, 0.2) is 0 Å². The fraction of sp³-hybridized carbons (Fsp3) is 0.500. The number of rotatable bonds is 2. The van der Waals surface area contributed by atoms with Crippen molar-refractivity contribution in [3.05, 3.63) is 35.4 Å². The first kappa shape index (κ1) is 11.2. The summed E-state index contributed by atoms with van der Waals surface area (Å²) in [5, 5.41) is 9.05. The lowest BCUT2D eigenvalue weighted by Gasteiger charge is -2.33. The lowest BCUT2D eigenvalue weighted by Crippen LogP contribution is -2.36. The Morgan fingerprint density at radius 2 is 2.19 bits per heavy atom. The Bertz CT molecular complexity index is 392. The van der Waals surface area contributed by atoms with Gasteiger partial charge < -0.3 is 0 Å². The normalized spacial score (nSPS) is 21.6. The molecule has 1 atom stereocenters.